The third-order valence-electron chi connectivity index (χ3n) is 10.8. The molecule has 1 heterocycles. The van der Waals surface area contributed by atoms with Gasteiger partial charge in [0.1, 0.15) is 12.2 Å². The molecule has 1 saturated heterocycles. The van der Waals surface area contributed by atoms with Gasteiger partial charge in [-0.3, -0.25) is 23.7 Å². The summed E-state index contributed by atoms with van der Waals surface area (Å²) in [6.07, 6.45) is 0.458. The van der Waals surface area contributed by atoms with Gasteiger partial charge in [0.15, 0.2) is 6.10 Å². The van der Waals surface area contributed by atoms with Crippen LogP contribution in [0.3, 0.4) is 0 Å². The maximum absolute atomic E-state index is 13.7. The fraction of sp³-hybridized carbons (Fsp3) is 0.862. The average Bonchev–Trinajstić information content (AvgIpc) is 3.56. The minimum Gasteiger partial charge on any atom is -0.458 e. The zero-order valence-electron chi connectivity index (χ0n) is 24.5. The lowest BCUT2D eigenvalue weighted by molar-refractivity contribution is -0.230. The van der Waals surface area contributed by atoms with Crippen molar-refractivity contribution in [3.8, 4) is 0 Å². The van der Waals surface area contributed by atoms with Crippen molar-refractivity contribution in [2.45, 2.75) is 108 Å². The summed E-state index contributed by atoms with van der Waals surface area (Å²) in [6.45, 7) is 2.45. The third-order valence-corrected chi connectivity index (χ3v) is 11.8. The predicted molar refractivity (Wildman–Crippen MR) is 142 cm³/mol. The van der Waals surface area contributed by atoms with Crippen molar-refractivity contribution >= 4 is 34.0 Å². The van der Waals surface area contributed by atoms with Crippen molar-refractivity contribution in [2.24, 2.45) is 47.3 Å². The maximum Gasteiger partial charge on any atom is 0.405 e. The average molecular weight is 649 g/mol. The Bertz CT molecular complexity index is 1270. The summed E-state index contributed by atoms with van der Waals surface area (Å²) in [6, 6.07) is 0. The molecule has 7 rings (SSSR count). The van der Waals surface area contributed by atoms with Gasteiger partial charge in [0, 0.05) is 18.3 Å². The number of ether oxygens (including phenoxy) is 5. The number of hydrogen-bond acceptors (Lipinski definition) is 11. The second kappa shape index (κ2) is 11.4. The van der Waals surface area contributed by atoms with Crippen LogP contribution in [0.15, 0.2) is 0 Å². The molecule has 0 aromatic rings. The first-order valence-corrected chi connectivity index (χ1v) is 16.9. The van der Waals surface area contributed by atoms with E-state index in [0.717, 1.165) is 37.5 Å². The normalized spacial score (nSPS) is 39.6. The van der Waals surface area contributed by atoms with E-state index in [9.17, 15) is 36.4 Å². The van der Waals surface area contributed by atoms with Crippen LogP contribution in [0.1, 0.15) is 71.6 Å². The van der Waals surface area contributed by atoms with Crippen LogP contribution in [0.5, 0.6) is 0 Å². The topological polar surface area (TPSA) is 169 Å². The summed E-state index contributed by atoms with van der Waals surface area (Å²) < 4.78 is 85.3. The molecular formula is C29H38F2O12S. The minimum atomic E-state index is -5.83. The van der Waals surface area contributed by atoms with Crippen molar-refractivity contribution in [3.05, 3.63) is 0 Å². The highest BCUT2D eigenvalue weighted by Gasteiger charge is 2.70. The third kappa shape index (κ3) is 5.50. The smallest absolute Gasteiger partial charge is 0.405 e. The van der Waals surface area contributed by atoms with E-state index in [1.807, 2.05) is 6.92 Å². The molecule has 44 heavy (non-hydrogen) atoms. The highest BCUT2D eigenvalue weighted by Crippen LogP contribution is 2.59. The number of carbonyl (C=O) groups is 4. The van der Waals surface area contributed by atoms with Gasteiger partial charge >= 0.3 is 39.2 Å². The lowest BCUT2D eigenvalue weighted by Gasteiger charge is -2.54. The minimum absolute atomic E-state index is 0.0454. The Morgan fingerprint density at radius 1 is 0.955 bits per heavy atom. The van der Waals surface area contributed by atoms with Gasteiger partial charge in [-0.15, -0.1) is 0 Å². The molecule has 7 fully saturated rings. The van der Waals surface area contributed by atoms with Crippen molar-refractivity contribution in [1.29, 1.82) is 0 Å². The summed E-state index contributed by atoms with van der Waals surface area (Å²) in [5.41, 5.74) is 0. The second-order valence-corrected chi connectivity index (χ2v) is 14.9. The van der Waals surface area contributed by atoms with E-state index in [4.69, 9.17) is 23.5 Å². The van der Waals surface area contributed by atoms with Crippen LogP contribution >= 0.6 is 0 Å². The van der Waals surface area contributed by atoms with Crippen molar-refractivity contribution in [2.75, 3.05) is 0 Å². The number of esters is 4. The van der Waals surface area contributed by atoms with Gasteiger partial charge in [-0.05, 0) is 69.1 Å². The van der Waals surface area contributed by atoms with Gasteiger partial charge in [0.25, 0.3) is 0 Å². The van der Waals surface area contributed by atoms with E-state index in [-0.39, 0.29) is 12.0 Å². The largest absolute Gasteiger partial charge is 0.458 e. The van der Waals surface area contributed by atoms with Crippen LogP contribution in [-0.2, 0) is 53.0 Å². The zero-order valence-corrected chi connectivity index (χ0v) is 25.3. The molecule has 15 heteroatoms. The quantitative estimate of drug-likeness (QED) is 0.142. The van der Waals surface area contributed by atoms with E-state index in [1.165, 1.54) is 6.42 Å². The predicted octanol–water partition coefficient (Wildman–Crippen LogP) is 3.02. The molecule has 8 unspecified atom stereocenters. The van der Waals surface area contributed by atoms with Crippen molar-refractivity contribution in [1.82, 2.24) is 0 Å². The molecule has 8 atom stereocenters. The van der Waals surface area contributed by atoms with Gasteiger partial charge in [-0.2, -0.15) is 17.2 Å². The van der Waals surface area contributed by atoms with Crippen molar-refractivity contribution < 1.29 is 64.6 Å². The molecule has 1 N–H and O–H groups in total. The molecule has 12 nitrogen and oxygen atoms in total. The Hall–Kier alpha value is -2.39. The van der Waals surface area contributed by atoms with E-state index in [2.05, 4.69) is 4.74 Å². The summed E-state index contributed by atoms with van der Waals surface area (Å²) in [5, 5.41) is -4.74. The molecular weight excluding hydrogens is 610 g/mol. The van der Waals surface area contributed by atoms with Gasteiger partial charge in [-0.25, -0.2) is 0 Å². The number of fused-ring (bicyclic) bond motifs is 1. The Labute approximate surface area is 253 Å². The van der Waals surface area contributed by atoms with Gasteiger partial charge in [0.05, 0.1) is 30.8 Å². The molecule has 6 saturated carbocycles. The number of alkyl halides is 2. The highest BCUT2D eigenvalue weighted by molar-refractivity contribution is 7.86. The molecule has 0 spiro atoms. The number of rotatable bonds is 12. The van der Waals surface area contributed by atoms with E-state index < -0.39 is 94.4 Å². The van der Waals surface area contributed by atoms with Crippen LogP contribution in [0, 0.1) is 47.3 Å². The number of carbonyl (C=O) groups excluding carboxylic acids is 4. The Balaban J connectivity index is 1.04. The van der Waals surface area contributed by atoms with Gasteiger partial charge in [0.2, 0.25) is 6.29 Å². The highest BCUT2D eigenvalue weighted by atomic mass is 32.2. The standard InChI is InChI=1S/C29H38F2O12S/c1-3-21(41-24-15-7-13-6-14(9-15)10-16(24)8-13)42-27(34)22-17-11-18-23(22)28(35)43-26(18)25(17)40-20(33)5-4-19(32)39-12(2)29(30,31)44(36,37)38/h12-18,21-26H,3-11H2,1-2H3,(H,36,37,38). The van der Waals surface area contributed by atoms with Gasteiger partial charge < -0.3 is 23.7 Å². The van der Waals surface area contributed by atoms with E-state index in [1.54, 1.807) is 0 Å². The van der Waals surface area contributed by atoms with E-state index >= 15 is 0 Å². The molecule has 0 aromatic carbocycles. The molecule has 0 radical (unpaired) electrons. The first-order valence-electron chi connectivity index (χ1n) is 15.5. The van der Waals surface area contributed by atoms with Crippen LogP contribution in [0.2, 0.25) is 0 Å². The van der Waals surface area contributed by atoms with Crippen LogP contribution in [0.4, 0.5) is 8.78 Å². The molecule has 6 aliphatic carbocycles. The van der Waals surface area contributed by atoms with E-state index in [0.29, 0.717) is 31.6 Å². The Morgan fingerprint density at radius 3 is 2.16 bits per heavy atom. The molecule has 0 amide bonds. The lowest BCUT2D eigenvalue weighted by atomic mass is 9.55. The molecule has 7 aliphatic rings. The Morgan fingerprint density at radius 2 is 1.57 bits per heavy atom. The summed E-state index contributed by atoms with van der Waals surface area (Å²) in [7, 11) is -5.83. The van der Waals surface area contributed by atoms with Crippen molar-refractivity contribution in [3.63, 3.8) is 0 Å². The summed E-state index contributed by atoms with van der Waals surface area (Å²) >= 11 is 0. The summed E-state index contributed by atoms with van der Waals surface area (Å²) in [5.74, 6) is -3.45. The maximum atomic E-state index is 13.7. The fourth-order valence-corrected chi connectivity index (χ4v) is 9.57. The fourth-order valence-electron chi connectivity index (χ4n) is 9.11. The number of hydrogen-bond donors (Lipinski definition) is 1. The second-order valence-electron chi connectivity index (χ2n) is 13.4. The molecule has 1 aliphatic heterocycles. The SMILES string of the molecule is CCC(OC(=O)C1C2CC3C(OC(=O)C31)C2OC(=O)CCC(=O)OC(C)C(F)(F)S(=O)(=O)O)OC1C2CC3CC(C2)CC1C3. The number of halogens is 2. The van der Waals surface area contributed by atoms with Crippen LogP contribution in [-0.4, -0.2) is 72.8 Å². The Kier molecular flexibility index (Phi) is 8.22. The van der Waals surface area contributed by atoms with Gasteiger partial charge in [-0.1, -0.05) is 6.92 Å². The first-order chi connectivity index (χ1) is 20.7. The first kappa shape index (κ1) is 31.6. The van der Waals surface area contributed by atoms with Crippen LogP contribution in [0.25, 0.3) is 0 Å². The molecule has 246 valence electrons. The summed E-state index contributed by atoms with van der Waals surface area (Å²) in [4.78, 5) is 50.9. The molecule has 0 aromatic heterocycles. The lowest BCUT2D eigenvalue weighted by Crippen LogP contribution is -2.51. The molecule has 6 bridgehead atoms. The zero-order chi connectivity index (χ0) is 31.7. The monoisotopic (exact) mass is 648 g/mol. The van der Waals surface area contributed by atoms with Crippen LogP contribution < -0.4 is 0 Å².